The molecule has 21 heavy (non-hydrogen) atoms. The van der Waals surface area contributed by atoms with Crippen molar-refractivity contribution in [3.8, 4) is 0 Å². The average Bonchev–Trinajstić information content (AvgIpc) is 2.70. The number of nitrogens with one attached hydrogen (secondary N) is 1. The molecule has 0 aliphatic rings. The number of anilines is 1. The predicted molar refractivity (Wildman–Crippen MR) is 81.9 cm³/mol. The van der Waals surface area contributed by atoms with E-state index in [1.807, 2.05) is 0 Å². The number of nitro groups is 1. The SMILES string of the molecule is Cc1c(Br)c([N+](=O)[O-])nn1CC(=O)Nc1ccc(Br)cn1. The van der Waals surface area contributed by atoms with Gasteiger partial charge in [0, 0.05) is 10.7 Å². The van der Waals surface area contributed by atoms with Gasteiger partial charge in [0.25, 0.3) is 0 Å². The first-order valence-corrected chi connectivity index (χ1v) is 7.25. The van der Waals surface area contributed by atoms with Crippen molar-refractivity contribution in [3.63, 3.8) is 0 Å². The number of hydrogen-bond donors (Lipinski definition) is 1. The van der Waals surface area contributed by atoms with Crippen molar-refractivity contribution < 1.29 is 9.72 Å². The highest BCUT2D eigenvalue weighted by molar-refractivity contribution is 9.10. The Kier molecular flexibility index (Phi) is 4.68. The van der Waals surface area contributed by atoms with Crippen molar-refractivity contribution in [1.82, 2.24) is 14.8 Å². The molecule has 10 heteroatoms. The van der Waals surface area contributed by atoms with Crippen molar-refractivity contribution >= 4 is 49.4 Å². The Morgan fingerprint density at radius 3 is 2.71 bits per heavy atom. The van der Waals surface area contributed by atoms with E-state index in [9.17, 15) is 14.9 Å². The van der Waals surface area contributed by atoms with Gasteiger partial charge in [0.15, 0.2) is 0 Å². The summed E-state index contributed by atoms with van der Waals surface area (Å²) in [5.41, 5.74) is 0.501. The number of rotatable bonds is 4. The molecule has 0 unspecified atom stereocenters. The molecule has 2 aromatic rings. The van der Waals surface area contributed by atoms with Crippen LogP contribution in [-0.4, -0.2) is 25.6 Å². The van der Waals surface area contributed by atoms with Crippen molar-refractivity contribution in [1.29, 1.82) is 0 Å². The summed E-state index contributed by atoms with van der Waals surface area (Å²) in [4.78, 5) is 26.1. The van der Waals surface area contributed by atoms with E-state index in [-0.39, 0.29) is 22.7 Å². The number of amides is 1. The standard InChI is InChI=1S/C11H9Br2N5O3/c1-6-10(13)11(18(20)21)16-17(6)5-9(19)15-8-3-2-7(12)4-14-8/h2-4H,5H2,1H3,(H,14,15,19). The van der Waals surface area contributed by atoms with Crippen LogP contribution in [0, 0.1) is 17.0 Å². The van der Waals surface area contributed by atoms with Gasteiger partial charge in [0.05, 0.1) is 10.8 Å². The molecule has 8 nitrogen and oxygen atoms in total. The van der Waals surface area contributed by atoms with Crippen molar-refractivity contribution in [2.75, 3.05) is 5.32 Å². The van der Waals surface area contributed by atoms with Gasteiger partial charge in [-0.2, -0.15) is 4.68 Å². The molecule has 1 N–H and O–H groups in total. The zero-order valence-electron chi connectivity index (χ0n) is 10.7. The van der Waals surface area contributed by atoms with Crippen LogP contribution in [0.5, 0.6) is 0 Å². The molecular formula is C11H9Br2N5O3. The van der Waals surface area contributed by atoms with Crippen LogP contribution in [0.1, 0.15) is 5.69 Å². The maximum Gasteiger partial charge on any atom is 0.404 e. The Labute approximate surface area is 136 Å². The fraction of sp³-hybridized carbons (Fsp3) is 0.182. The maximum atomic E-state index is 11.9. The highest BCUT2D eigenvalue weighted by Gasteiger charge is 2.24. The molecule has 0 spiro atoms. The lowest BCUT2D eigenvalue weighted by Gasteiger charge is -2.03. The molecule has 0 bridgehead atoms. The fourth-order valence-corrected chi connectivity index (χ4v) is 2.21. The van der Waals surface area contributed by atoms with Gasteiger partial charge in [-0.3, -0.25) is 4.79 Å². The lowest BCUT2D eigenvalue weighted by atomic mass is 10.4. The monoisotopic (exact) mass is 417 g/mol. The molecule has 0 saturated carbocycles. The number of hydrogen-bond acceptors (Lipinski definition) is 5. The largest absolute Gasteiger partial charge is 0.404 e. The van der Waals surface area contributed by atoms with Gasteiger partial charge in [0.1, 0.15) is 16.8 Å². The summed E-state index contributed by atoms with van der Waals surface area (Å²) in [6.07, 6.45) is 1.55. The van der Waals surface area contributed by atoms with E-state index in [2.05, 4.69) is 47.3 Å². The topological polar surface area (TPSA) is 103 Å². The summed E-state index contributed by atoms with van der Waals surface area (Å²) >= 11 is 6.33. The zero-order chi connectivity index (χ0) is 15.6. The molecule has 1 amide bonds. The molecule has 2 heterocycles. The van der Waals surface area contributed by atoms with E-state index < -0.39 is 4.92 Å². The molecule has 110 valence electrons. The van der Waals surface area contributed by atoms with Gasteiger partial charge >= 0.3 is 5.82 Å². The van der Waals surface area contributed by atoms with Crippen LogP contribution < -0.4 is 5.32 Å². The van der Waals surface area contributed by atoms with Crippen LogP contribution in [-0.2, 0) is 11.3 Å². The number of carbonyl (C=O) groups excluding carboxylic acids is 1. The first-order valence-electron chi connectivity index (χ1n) is 5.67. The highest BCUT2D eigenvalue weighted by Crippen LogP contribution is 2.26. The Morgan fingerprint density at radius 1 is 1.48 bits per heavy atom. The molecule has 2 aromatic heterocycles. The number of nitrogens with zero attached hydrogens (tertiary/aromatic N) is 4. The van der Waals surface area contributed by atoms with E-state index in [0.29, 0.717) is 11.5 Å². The number of halogens is 2. The van der Waals surface area contributed by atoms with Crippen molar-refractivity contribution in [3.05, 3.63) is 43.1 Å². The summed E-state index contributed by atoms with van der Waals surface area (Å²) in [5.74, 6) is -0.304. The van der Waals surface area contributed by atoms with Crippen LogP contribution in [0.25, 0.3) is 0 Å². The normalized spacial score (nSPS) is 10.4. The number of aromatic nitrogens is 3. The summed E-state index contributed by atoms with van der Waals surface area (Å²) in [6, 6.07) is 3.37. The second-order valence-corrected chi connectivity index (χ2v) is 5.76. The molecule has 0 saturated heterocycles. The smallest absolute Gasteiger partial charge is 0.358 e. The van der Waals surface area contributed by atoms with Crippen molar-refractivity contribution in [2.45, 2.75) is 13.5 Å². The van der Waals surface area contributed by atoms with E-state index >= 15 is 0 Å². The average molecular weight is 419 g/mol. The van der Waals surface area contributed by atoms with Gasteiger partial charge in [0.2, 0.25) is 5.91 Å². The number of pyridine rings is 1. The van der Waals surface area contributed by atoms with Gasteiger partial charge < -0.3 is 15.4 Å². The summed E-state index contributed by atoms with van der Waals surface area (Å²) in [5, 5.41) is 17.2. The Bertz CT molecular complexity index is 699. The molecule has 0 radical (unpaired) electrons. The van der Waals surface area contributed by atoms with Crippen LogP contribution in [0.4, 0.5) is 11.6 Å². The minimum absolute atomic E-state index is 0.143. The molecule has 0 aromatic carbocycles. The van der Waals surface area contributed by atoms with E-state index in [1.165, 1.54) is 4.68 Å². The van der Waals surface area contributed by atoms with Crippen LogP contribution in [0.3, 0.4) is 0 Å². The van der Waals surface area contributed by atoms with E-state index in [4.69, 9.17) is 0 Å². The van der Waals surface area contributed by atoms with Gasteiger partial charge in [-0.15, -0.1) is 0 Å². The molecule has 0 aliphatic heterocycles. The van der Waals surface area contributed by atoms with Gasteiger partial charge in [-0.25, -0.2) is 4.98 Å². The lowest BCUT2D eigenvalue weighted by molar-refractivity contribution is -0.390. The van der Waals surface area contributed by atoms with Crippen LogP contribution >= 0.6 is 31.9 Å². The zero-order valence-corrected chi connectivity index (χ0v) is 13.9. The molecule has 0 aliphatic carbocycles. The summed E-state index contributed by atoms with van der Waals surface area (Å²) in [7, 11) is 0. The van der Waals surface area contributed by atoms with Crippen LogP contribution in [0.15, 0.2) is 27.3 Å². The van der Waals surface area contributed by atoms with Gasteiger partial charge in [-0.1, -0.05) is 0 Å². The maximum absolute atomic E-state index is 11.9. The van der Waals surface area contributed by atoms with Crippen LogP contribution in [0.2, 0.25) is 0 Å². The minimum Gasteiger partial charge on any atom is -0.358 e. The minimum atomic E-state index is -0.609. The summed E-state index contributed by atoms with van der Waals surface area (Å²) in [6.45, 7) is 1.49. The highest BCUT2D eigenvalue weighted by atomic mass is 79.9. The third-order valence-electron chi connectivity index (χ3n) is 2.58. The second kappa shape index (κ2) is 6.31. The lowest BCUT2D eigenvalue weighted by Crippen LogP contribution is -2.20. The molecule has 2 rings (SSSR count). The fourth-order valence-electron chi connectivity index (χ4n) is 1.55. The molecular weight excluding hydrogens is 410 g/mol. The summed E-state index contributed by atoms with van der Waals surface area (Å²) < 4.78 is 2.32. The third kappa shape index (κ3) is 3.64. The Morgan fingerprint density at radius 2 is 2.19 bits per heavy atom. The van der Waals surface area contributed by atoms with E-state index in [1.54, 1.807) is 25.3 Å². The predicted octanol–water partition coefficient (Wildman–Crippen LogP) is 2.66. The second-order valence-electron chi connectivity index (χ2n) is 4.05. The molecule has 0 atom stereocenters. The van der Waals surface area contributed by atoms with E-state index in [0.717, 1.165) is 4.47 Å². The third-order valence-corrected chi connectivity index (χ3v) is 3.98. The Hall–Kier alpha value is -1.81. The van der Waals surface area contributed by atoms with Gasteiger partial charge in [-0.05, 0) is 55.8 Å². The number of carbonyl (C=O) groups is 1. The Balaban J connectivity index is 2.11. The van der Waals surface area contributed by atoms with Crippen molar-refractivity contribution in [2.24, 2.45) is 0 Å². The first kappa shape index (κ1) is 15.6. The molecule has 0 fully saturated rings. The quantitative estimate of drug-likeness (QED) is 0.607. The first-order chi connectivity index (χ1) is 9.88.